The van der Waals surface area contributed by atoms with E-state index < -0.39 is 11.7 Å². The van der Waals surface area contributed by atoms with Crippen molar-refractivity contribution in [2.75, 3.05) is 6.54 Å². The zero-order valence-corrected chi connectivity index (χ0v) is 22.0. The van der Waals surface area contributed by atoms with Crippen molar-refractivity contribution in [3.05, 3.63) is 87.2 Å². The highest BCUT2D eigenvalue weighted by Gasteiger charge is 2.33. The predicted octanol–water partition coefficient (Wildman–Crippen LogP) is 5.93. The third-order valence-electron chi connectivity index (χ3n) is 6.67. The van der Waals surface area contributed by atoms with Crippen molar-refractivity contribution >= 4 is 17.2 Å². The predicted molar refractivity (Wildman–Crippen MR) is 141 cm³/mol. The number of benzene rings is 2. The topological polar surface area (TPSA) is 98.1 Å². The zero-order chi connectivity index (χ0) is 26.2. The van der Waals surface area contributed by atoms with Gasteiger partial charge in [-0.15, -0.1) is 21.5 Å². The molecule has 3 atom stereocenters. The lowest BCUT2D eigenvalue weighted by Gasteiger charge is -2.24. The maximum Gasteiger partial charge on any atom is 0.254 e. The second kappa shape index (κ2) is 10.1. The first-order chi connectivity index (χ1) is 17.7. The zero-order valence-electron chi connectivity index (χ0n) is 21.1. The second-order valence-electron chi connectivity index (χ2n) is 9.94. The number of carbonyl (C=O) groups is 1. The third-order valence-corrected chi connectivity index (χ3v) is 7.74. The number of nitrogens with two attached hydrogens (primary N) is 1. The minimum Gasteiger partial charge on any atom is -0.419 e. The van der Waals surface area contributed by atoms with Crippen LogP contribution in [0.25, 0.3) is 11.5 Å². The molecule has 2 N–H and O–H groups in total. The van der Waals surface area contributed by atoms with Crippen LogP contribution >= 0.6 is 11.3 Å². The van der Waals surface area contributed by atoms with Gasteiger partial charge in [0.15, 0.2) is 0 Å². The number of hydrogen-bond acceptors (Lipinski definition) is 7. The molecule has 1 aliphatic rings. The van der Waals surface area contributed by atoms with Gasteiger partial charge in [-0.2, -0.15) is 0 Å². The number of halogens is 1. The molecule has 1 saturated heterocycles. The molecule has 1 amide bonds. The van der Waals surface area contributed by atoms with Crippen LogP contribution in [0.1, 0.15) is 77.0 Å². The molecule has 0 aliphatic carbocycles. The van der Waals surface area contributed by atoms with Crippen molar-refractivity contribution < 1.29 is 13.6 Å². The number of alkyl halides is 1. The summed E-state index contributed by atoms with van der Waals surface area (Å²) in [5.41, 5.74) is 8.89. The summed E-state index contributed by atoms with van der Waals surface area (Å²) in [6.45, 7) is 5.85. The molecule has 3 heterocycles. The summed E-state index contributed by atoms with van der Waals surface area (Å²) in [6.07, 6.45) is 0.981. The molecule has 4 aromatic rings. The van der Waals surface area contributed by atoms with Crippen molar-refractivity contribution in [1.29, 1.82) is 0 Å². The van der Waals surface area contributed by atoms with Crippen LogP contribution in [0.2, 0.25) is 0 Å². The summed E-state index contributed by atoms with van der Waals surface area (Å²) in [5.74, 6) is 0.313. The van der Waals surface area contributed by atoms with E-state index in [1.807, 2.05) is 54.5 Å². The molecule has 37 heavy (non-hydrogen) atoms. The molecular weight excluding hydrogens is 489 g/mol. The molecule has 2 aromatic carbocycles. The van der Waals surface area contributed by atoms with Gasteiger partial charge in [0.25, 0.3) is 5.91 Å². The summed E-state index contributed by atoms with van der Waals surface area (Å²) in [5, 5.41) is 11.3. The minimum atomic E-state index is -1.28. The second-order valence-corrected chi connectivity index (χ2v) is 10.8. The van der Waals surface area contributed by atoms with Crippen LogP contribution in [0, 0.1) is 6.92 Å². The molecular formula is C28H30FN5O2S. The molecule has 9 heteroatoms. The first-order valence-corrected chi connectivity index (χ1v) is 13.3. The van der Waals surface area contributed by atoms with Gasteiger partial charge in [-0.1, -0.05) is 30.3 Å². The molecule has 0 spiro atoms. The summed E-state index contributed by atoms with van der Waals surface area (Å²) < 4.78 is 20.5. The fraction of sp³-hybridized carbons (Fsp3) is 0.357. The van der Waals surface area contributed by atoms with Crippen molar-refractivity contribution in [3.63, 3.8) is 0 Å². The van der Waals surface area contributed by atoms with Crippen molar-refractivity contribution in [2.24, 2.45) is 5.73 Å². The van der Waals surface area contributed by atoms with Gasteiger partial charge in [0.2, 0.25) is 11.8 Å². The lowest BCUT2D eigenvalue weighted by atomic mass is 9.94. The SMILES string of the molecule is Cc1csc([C@H]2CCCN2C(=O)c2cc(-c3nnc([C@@](C)(N)Cc4ccccc4)o3)cc(C(C)F)c2)n1. The first kappa shape index (κ1) is 25.2. The van der Waals surface area contributed by atoms with E-state index in [1.54, 1.807) is 29.5 Å². The van der Waals surface area contributed by atoms with Crippen LogP contribution in [0.5, 0.6) is 0 Å². The monoisotopic (exact) mass is 519 g/mol. The molecule has 2 aromatic heterocycles. The lowest BCUT2D eigenvalue weighted by Crippen LogP contribution is -2.35. The van der Waals surface area contributed by atoms with Crippen LogP contribution in [0.4, 0.5) is 4.39 Å². The van der Waals surface area contributed by atoms with Gasteiger partial charge in [0.1, 0.15) is 11.2 Å². The highest BCUT2D eigenvalue weighted by Crippen LogP contribution is 2.36. The van der Waals surface area contributed by atoms with E-state index >= 15 is 0 Å². The Morgan fingerprint density at radius 2 is 2.05 bits per heavy atom. The van der Waals surface area contributed by atoms with E-state index in [2.05, 4.69) is 15.2 Å². The van der Waals surface area contributed by atoms with Crippen molar-refractivity contribution in [2.45, 2.75) is 57.8 Å². The van der Waals surface area contributed by atoms with Crippen LogP contribution in [-0.2, 0) is 12.0 Å². The van der Waals surface area contributed by atoms with Crippen molar-refractivity contribution in [3.8, 4) is 11.5 Å². The molecule has 1 unspecified atom stereocenters. The Kier molecular flexibility index (Phi) is 6.92. The number of hydrogen-bond donors (Lipinski definition) is 1. The molecule has 7 nitrogen and oxygen atoms in total. The molecule has 0 bridgehead atoms. The Labute approximate surface area is 219 Å². The molecule has 0 radical (unpaired) electrons. The molecule has 1 fully saturated rings. The number of rotatable bonds is 7. The van der Waals surface area contributed by atoms with E-state index in [9.17, 15) is 9.18 Å². The Bertz CT molecular complexity index is 1400. The van der Waals surface area contributed by atoms with Crippen molar-refractivity contribution in [1.82, 2.24) is 20.1 Å². The van der Waals surface area contributed by atoms with Crippen LogP contribution in [-0.4, -0.2) is 32.5 Å². The Morgan fingerprint density at radius 1 is 1.27 bits per heavy atom. The highest BCUT2D eigenvalue weighted by molar-refractivity contribution is 7.09. The Morgan fingerprint density at radius 3 is 2.76 bits per heavy atom. The van der Waals surface area contributed by atoms with Crippen LogP contribution < -0.4 is 5.73 Å². The fourth-order valence-corrected chi connectivity index (χ4v) is 5.69. The fourth-order valence-electron chi connectivity index (χ4n) is 4.75. The minimum absolute atomic E-state index is 0.0768. The van der Waals surface area contributed by atoms with Gasteiger partial charge in [0.05, 0.1) is 11.6 Å². The summed E-state index contributed by atoms with van der Waals surface area (Å²) >= 11 is 1.57. The van der Waals surface area contributed by atoms with Gasteiger partial charge >= 0.3 is 0 Å². The average Bonchev–Trinajstić information content (AvgIpc) is 3.64. The summed E-state index contributed by atoms with van der Waals surface area (Å²) in [7, 11) is 0. The number of carbonyl (C=O) groups excluding carboxylic acids is 1. The van der Waals surface area contributed by atoms with Gasteiger partial charge in [-0.25, -0.2) is 9.37 Å². The van der Waals surface area contributed by atoms with Gasteiger partial charge < -0.3 is 15.1 Å². The number of amides is 1. The number of aromatic nitrogens is 3. The first-order valence-electron chi connectivity index (χ1n) is 12.4. The number of thiazole rings is 1. The average molecular weight is 520 g/mol. The summed E-state index contributed by atoms with van der Waals surface area (Å²) in [6, 6.07) is 14.7. The number of nitrogens with zero attached hydrogens (tertiary/aromatic N) is 4. The maximum atomic E-state index is 14.5. The van der Waals surface area contributed by atoms with E-state index in [4.69, 9.17) is 10.2 Å². The Hall–Kier alpha value is -3.43. The smallest absolute Gasteiger partial charge is 0.254 e. The number of likely N-dealkylation sites (tertiary alicyclic amines) is 1. The van der Waals surface area contributed by atoms with Crippen LogP contribution in [0.3, 0.4) is 0 Å². The molecule has 0 saturated carbocycles. The lowest BCUT2D eigenvalue weighted by molar-refractivity contribution is 0.0735. The summed E-state index contributed by atoms with van der Waals surface area (Å²) in [4.78, 5) is 20.1. The van der Waals surface area contributed by atoms with Gasteiger partial charge in [-0.05, 0) is 69.4 Å². The quantitative estimate of drug-likeness (QED) is 0.325. The largest absolute Gasteiger partial charge is 0.419 e. The molecule has 192 valence electrons. The molecule has 5 rings (SSSR count). The normalized spacial score (nSPS) is 18.1. The van der Waals surface area contributed by atoms with E-state index in [-0.39, 0.29) is 23.7 Å². The maximum absolute atomic E-state index is 14.5. The van der Waals surface area contributed by atoms with Crippen LogP contribution in [0.15, 0.2) is 58.3 Å². The van der Waals surface area contributed by atoms with E-state index in [0.717, 1.165) is 29.1 Å². The van der Waals surface area contributed by atoms with Gasteiger partial charge in [-0.3, -0.25) is 4.79 Å². The molecule has 1 aliphatic heterocycles. The van der Waals surface area contributed by atoms with E-state index in [1.165, 1.54) is 6.92 Å². The Balaban J connectivity index is 1.45. The third kappa shape index (κ3) is 5.33. The standard InChI is InChI=1S/C28H30FN5O2S/c1-17-16-37-25(31-17)23-10-7-11-34(23)26(35)22-13-20(18(2)29)12-21(14-22)24-32-33-27(36-24)28(3,30)15-19-8-5-4-6-9-19/h4-6,8-9,12-14,16,18,23H,7,10-11,15,30H2,1-3H3/t18?,23-,28+/m1/s1. The highest BCUT2D eigenvalue weighted by atomic mass is 32.1. The van der Waals surface area contributed by atoms with Gasteiger partial charge in [0, 0.05) is 28.7 Å². The van der Waals surface area contributed by atoms with E-state index in [0.29, 0.717) is 29.7 Å². The number of aryl methyl sites for hydroxylation is 1.